The van der Waals surface area contributed by atoms with E-state index in [4.69, 9.17) is 0 Å². The second-order valence-corrected chi connectivity index (χ2v) is 7.84. The van der Waals surface area contributed by atoms with Crippen molar-refractivity contribution < 1.29 is 9.59 Å². The molecule has 0 spiro atoms. The largest absolute Gasteiger partial charge is 0.329 e. The number of allylic oxidation sites excluding steroid dienone is 2. The average molecular weight is 317 g/mol. The Hall–Kier alpha value is -1.12. The Morgan fingerprint density at radius 2 is 1.78 bits per heavy atom. The summed E-state index contributed by atoms with van der Waals surface area (Å²) in [4.78, 5) is 26.3. The van der Waals surface area contributed by atoms with Crippen LogP contribution in [0.5, 0.6) is 0 Å². The van der Waals surface area contributed by atoms with E-state index in [1.807, 2.05) is 0 Å². The van der Waals surface area contributed by atoms with Gasteiger partial charge in [-0.15, -0.1) is 0 Å². The van der Waals surface area contributed by atoms with Gasteiger partial charge in [0, 0.05) is 11.3 Å². The maximum absolute atomic E-state index is 13.4. The van der Waals surface area contributed by atoms with Gasteiger partial charge in [-0.05, 0) is 44.4 Å². The van der Waals surface area contributed by atoms with Crippen molar-refractivity contribution in [3.63, 3.8) is 0 Å². The summed E-state index contributed by atoms with van der Waals surface area (Å²) in [5.41, 5.74) is 1.15. The molecule has 1 amide bonds. The molecule has 0 saturated heterocycles. The highest BCUT2D eigenvalue weighted by Gasteiger charge is 2.50. The topological polar surface area (TPSA) is 46.2 Å². The zero-order valence-corrected chi connectivity index (χ0v) is 14.6. The lowest BCUT2D eigenvalue weighted by Crippen LogP contribution is -2.53. The van der Waals surface area contributed by atoms with Crippen LogP contribution >= 0.6 is 0 Å². The van der Waals surface area contributed by atoms with E-state index in [1.54, 1.807) is 0 Å². The summed E-state index contributed by atoms with van der Waals surface area (Å²) in [7, 11) is 0. The van der Waals surface area contributed by atoms with Crippen molar-refractivity contribution in [3.05, 3.63) is 11.3 Å². The van der Waals surface area contributed by atoms with Crippen molar-refractivity contribution in [2.75, 3.05) is 0 Å². The zero-order chi connectivity index (χ0) is 16.3. The Morgan fingerprint density at radius 3 is 2.52 bits per heavy atom. The Morgan fingerprint density at radius 1 is 1.04 bits per heavy atom. The summed E-state index contributed by atoms with van der Waals surface area (Å²) < 4.78 is 0. The van der Waals surface area contributed by atoms with Gasteiger partial charge in [-0.2, -0.15) is 0 Å². The van der Waals surface area contributed by atoms with Gasteiger partial charge in [0.05, 0.1) is 0 Å². The molecule has 0 radical (unpaired) electrons. The summed E-state index contributed by atoms with van der Waals surface area (Å²) >= 11 is 0. The zero-order valence-electron chi connectivity index (χ0n) is 14.6. The van der Waals surface area contributed by atoms with Crippen LogP contribution in [0, 0.1) is 11.3 Å². The summed E-state index contributed by atoms with van der Waals surface area (Å²) in [6.45, 7) is 2.14. The molecule has 1 unspecified atom stereocenters. The van der Waals surface area contributed by atoms with E-state index in [-0.39, 0.29) is 11.7 Å². The standard InChI is InChI=1S/C20H31NO2/c1-2-3-13-20(14-15-9-5-4-6-10-15)18(22)16-11-7-8-12-17(16)21-19(20)23/h15H,2-14H2,1H3,(H,21,23). The maximum atomic E-state index is 13.4. The molecule has 0 aromatic heterocycles. The molecule has 128 valence electrons. The molecule has 2 aliphatic carbocycles. The Balaban J connectivity index is 1.88. The van der Waals surface area contributed by atoms with E-state index in [1.165, 1.54) is 32.1 Å². The second kappa shape index (κ2) is 7.19. The molecule has 0 aromatic rings. The van der Waals surface area contributed by atoms with Gasteiger partial charge < -0.3 is 5.32 Å². The van der Waals surface area contributed by atoms with Gasteiger partial charge in [-0.1, -0.05) is 51.9 Å². The quantitative estimate of drug-likeness (QED) is 0.750. The molecule has 3 heteroatoms. The van der Waals surface area contributed by atoms with Crippen LogP contribution in [0.3, 0.4) is 0 Å². The first-order valence-corrected chi connectivity index (χ1v) is 9.75. The van der Waals surface area contributed by atoms with Gasteiger partial charge in [0.1, 0.15) is 5.41 Å². The van der Waals surface area contributed by atoms with Crippen LogP contribution in [0.15, 0.2) is 11.3 Å². The van der Waals surface area contributed by atoms with Gasteiger partial charge in [0.2, 0.25) is 5.91 Å². The number of nitrogens with one attached hydrogen (secondary N) is 1. The summed E-state index contributed by atoms with van der Waals surface area (Å²) in [5.74, 6) is 0.762. The molecule has 0 aromatic carbocycles. The van der Waals surface area contributed by atoms with Crippen LogP contribution < -0.4 is 5.32 Å². The van der Waals surface area contributed by atoms with Gasteiger partial charge in [0.25, 0.3) is 0 Å². The van der Waals surface area contributed by atoms with Gasteiger partial charge in [-0.25, -0.2) is 0 Å². The minimum Gasteiger partial charge on any atom is -0.329 e. The predicted octanol–water partition coefficient (Wildman–Crippen LogP) is 4.66. The molecule has 1 saturated carbocycles. The Bertz CT molecular complexity index is 502. The van der Waals surface area contributed by atoms with Crippen molar-refractivity contribution in [1.29, 1.82) is 0 Å². The molecule has 3 nitrogen and oxygen atoms in total. The summed E-state index contributed by atoms with van der Waals surface area (Å²) in [6, 6.07) is 0. The first kappa shape index (κ1) is 16.7. The highest BCUT2D eigenvalue weighted by Crippen LogP contribution is 2.45. The van der Waals surface area contributed by atoms with Crippen LogP contribution in [0.2, 0.25) is 0 Å². The molecular formula is C20H31NO2. The van der Waals surface area contributed by atoms with Crippen molar-refractivity contribution in [2.45, 2.75) is 90.4 Å². The number of carbonyl (C=O) groups excluding carboxylic acids is 2. The highest BCUT2D eigenvalue weighted by atomic mass is 16.2. The Labute approximate surface area is 140 Å². The number of hydrogen-bond donors (Lipinski definition) is 1. The minimum atomic E-state index is -0.756. The van der Waals surface area contributed by atoms with Crippen LogP contribution in [0.4, 0.5) is 0 Å². The average Bonchev–Trinajstić information content (AvgIpc) is 2.58. The first-order chi connectivity index (χ1) is 11.2. The number of rotatable bonds is 5. The lowest BCUT2D eigenvalue weighted by atomic mass is 9.64. The van der Waals surface area contributed by atoms with Crippen LogP contribution in [-0.4, -0.2) is 11.7 Å². The van der Waals surface area contributed by atoms with E-state index in [2.05, 4.69) is 12.2 Å². The van der Waals surface area contributed by atoms with E-state index in [9.17, 15) is 9.59 Å². The molecule has 1 heterocycles. The number of hydrogen-bond acceptors (Lipinski definition) is 2. The normalized spacial score (nSPS) is 29.4. The fourth-order valence-electron chi connectivity index (χ4n) is 4.82. The van der Waals surface area contributed by atoms with Crippen molar-refractivity contribution in [3.8, 4) is 0 Å². The smallest absolute Gasteiger partial charge is 0.238 e. The highest BCUT2D eigenvalue weighted by molar-refractivity contribution is 6.16. The molecule has 1 atom stereocenters. The summed E-state index contributed by atoms with van der Waals surface area (Å²) in [6.07, 6.45) is 13.7. The number of Topliss-reactive ketones (excluding diaryl/α,β-unsaturated/α-hetero) is 1. The Kier molecular flexibility index (Phi) is 5.23. The monoisotopic (exact) mass is 317 g/mol. The molecule has 1 N–H and O–H groups in total. The fourth-order valence-corrected chi connectivity index (χ4v) is 4.82. The molecular weight excluding hydrogens is 286 g/mol. The van der Waals surface area contributed by atoms with E-state index in [0.717, 1.165) is 62.6 Å². The maximum Gasteiger partial charge on any atom is 0.238 e. The van der Waals surface area contributed by atoms with Gasteiger partial charge in [0.15, 0.2) is 5.78 Å². The number of ketones is 1. The van der Waals surface area contributed by atoms with Crippen molar-refractivity contribution >= 4 is 11.7 Å². The van der Waals surface area contributed by atoms with Crippen molar-refractivity contribution in [2.24, 2.45) is 11.3 Å². The number of carbonyl (C=O) groups is 2. The summed E-state index contributed by atoms with van der Waals surface area (Å²) in [5, 5.41) is 3.16. The molecule has 1 fully saturated rings. The van der Waals surface area contributed by atoms with Crippen LogP contribution in [0.25, 0.3) is 0 Å². The number of amides is 1. The lowest BCUT2D eigenvalue weighted by Gasteiger charge is -2.41. The molecule has 23 heavy (non-hydrogen) atoms. The third-order valence-corrected chi connectivity index (χ3v) is 6.19. The van der Waals surface area contributed by atoms with E-state index < -0.39 is 5.41 Å². The first-order valence-electron chi connectivity index (χ1n) is 9.75. The van der Waals surface area contributed by atoms with E-state index >= 15 is 0 Å². The molecule has 0 bridgehead atoms. The van der Waals surface area contributed by atoms with Crippen LogP contribution in [-0.2, 0) is 9.59 Å². The molecule has 3 aliphatic rings. The number of unbranched alkanes of at least 4 members (excludes halogenated alkanes) is 1. The van der Waals surface area contributed by atoms with Gasteiger partial charge in [-0.3, -0.25) is 9.59 Å². The third kappa shape index (κ3) is 3.25. The SMILES string of the molecule is CCCCC1(CC2CCCCC2)C(=O)NC2=C(CCCC2)C1=O. The van der Waals surface area contributed by atoms with Crippen molar-refractivity contribution in [1.82, 2.24) is 5.32 Å². The minimum absolute atomic E-state index is 0.0159. The molecule has 3 rings (SSSR count). The third-order valence-electron chi connectivity index (χ3n) is 6.19. The predicted molar refractivity (Wildman–Crippen MR) is 91.8 cm³/mol. The van der Waals surface area contributed by atoms with E-state index in [0.29, 0.717) is 5.92 Å². The second-order valence-electron chi connectivity index (χ2n) is 7.84. The fraction of sp³-hybridized carbons (Fsp3) is 0.800. The van der Waals surface area contributed by atoms with Crippen LogP contribution in [0.1, 0.15) is 90.4 Å². The molecule has 1 aliphatic heterocycles. The lowest BCUT2D eigenvalue weighted by molar-refractivity contribution is -0.143. The van der Waals surface area contributed by atoms with Gasteiger partial charge >= 0.3 is 0 Å².